The Kier molecular flexibility index (Phi) is 7.00. The first-order chi connectivity index (χ1) is 7.03. The first kappa shape index (κ1) is 15.7. The zero-order valence-electron chi connectivity index (χ0n) is 10.6. The van der Waals surface area contributed by atoms with Crippen LogP contribution in [0.3, 0.4) is 0 Å². The van der Waals surface area contributed by atoms with Gasteiger partial charge in [0.2, 0.25) is 5.91 Å². The van der Waals surface area contributed by atoms with Crippen LogP contribution in [0.15, 0.2) is 0 Å². The molecule has 1 heterocycles. The monoisotopic (exact) mass is 248 g/mol. The first-order valence-corrected chi connectivity index (χ1v) is 6.05. The average Bonchev–Trinajstić information content (AvgIpc) is 2.18. The normalized spacial score (nSPS) is 17.7. The minimum absolute atomic E-state index is 0. The van der Waals surface area contributed by atoms with Crippen LogP contribution < -0.4 is 10.6 Å². The summed E-state index contributed by atoms with van der Waals surface area (Å²) < 4.78 is 0. The zero-order chi connectivity index (χ0) is 11.3. The topological polar surface area (TPSA) is 41.1 Å². The average molecular weight is 249 g/mol. The highest BCUT2D eigenvalue weighted by Gasteiger charge is 2.21. The standard InChI is InChI=1S/C12H24N2O.ClH/c1-4-12(2,3)14-11(15)9-10-5-7-13-8-6-10;/h10,13H,4-9H2,1-3H3,(H,14,15);1H. The van der Waals surface area contributed by atoms with Crippen molar-refractivity contribution in [3.63, 3.8) is 0 Å². The second-order valence-corrected chi connectivity index (χ2v) is 5.18. The van der Waals surface area contributed by atoms with Crippen molar-refractivity contribution >= 4 is 18.3 Å². The lowest BCUT2D eigenvalue weighted by Gasteiger charge is -2.27. The summed E-state index contributed by atoms with van der Waals surface area (Å²) >= 11 is 0. The lowest BCUT2D eigenvalue weighted by Crippen LogP contribution is -2.44. The van der Waals surface area contributed by atoms with Crippen molar-refractivity contribution in [3.8, 4) is 0 Å². The largest absolute Gasteiger partial charge is 0.351 e. The summed E-state index contributed by atoms with van der Waals surface area (Å²) in [4.78, 5) is 11.8. The van der Waals surface area contributed by atoms with Crippen LogP contribution in [-0.4, -0.2) is 24.5 Å². The molecule has 0 unspecified atom stereocenters. The number of hydrogen-bond donors (Lipinski definition) is 2. The van der Waals surface area contributed by atoms with E-state index in [2.05, 4.69) is 31.4 Å². The van der Waals surface area contributed by atoms with Crippen molar-refractivity contribution in [1.29, 1.82) is 0 Å². The highest BCUT2D eigenvalue weighted by Crippen LogP contribution is 2.16. The highest BCUT2D eigenvalue weighted by atomic mass is 35.5. The number of carbonyl (C=O) groups is 1. The van der Waals surface area contributed by atoms with Crippen molar-refractivity contribution in [2.45, 2.75) is 52.0 Å². The predicted octanol–water partition coefficient (Wildman–Crippen LogP) is 2.10. The summed E-state index contributed by atoms with van der Waals surface area (Å²) in [5, 5.41) is 6.41. The smallest absolute Gasteiger partial charge is 0.220 e. The van der Waals surface area contributed by atoms with Gasteiger partial charge in [-0.2, -0.15) is 0 Å². The number of amides is 1. The molecule has 0 spiro atoms. The molecule has 1 aliphatic rings. The molecule has 4 heteroatoms. The van der Waals surface area contributed by atoms with Gasteiger partial charge in [0, 0.05) is 12.0 Å². The lowest BCUT2D eigenvalue weighted by molar-refractivity contribution is -0.123. The fourth-order valence-corrected chi connectivity index (χ4v) is 1.86. The maximum absolute atomic E-state index is 11.8. The maximum Gasteiger partial charge on any atom is 0.220 e. The molecule has 96 valence electrons. The number of carbonyl (C=O) groups excluding carboxylic acids is 1. The number of nitrogens with one attached hydrogen (secondary N) is 2. The Balaban J connectivity index is 0.00000225. The van der Waals surface area contributed by atoms with E-state index in [-0.39, 0.29) is 23.9 Å². The highest BCUT2D eigenvalue weighted by molar-refractivity contribution is 5.85. The Morgan fingerprint density at radius 1 is 1.38 bits per heavy atom. The molecule has 0 aromatic heterocycles. The molecule has 0 atom stereocenters. The minimum Gasteiger partial charge on any atom is -0.351 e. The molecular weight excluding hydrogens is 224 g/mol. The van der Waals surface area contributed by atoms with Crippen LogP contribution in [0.5, 0.6) is 0 Å². The quantitative estimate of drug-likeness (QED) is 0.800. The molecule has 1 saturated heterocycles. The fraction of sp³-hybridized carbons (Fsp3) is 0.917. The van der Waals surface area contributed by atoms with Crippen molar-refractivity contribution < 1.29 is 4.79 Å². The molecule has 3 nitrogen and oxygen atoms in total. The van der Waals surface area contributed by atoms with E-state index in [0.29, 0.717) is 12.3 Å². The van der Waals surface area contributed by atoms with Gasteiger partial charge < -0.3 is 10.6 Å². The third kappa shape index (κ3) is 5.71. The maximum atomic E-state index is 11.8. The third-order valence-electron chi connectivity index (χ3n) is 3.29. The van der Waals surface area contributed by atoms with Gasteiger partial charge in [-0.1, -0.05) is 6.92 Å². The van der Waals surface area contributed by atoms with Crippen molar-refractivity contribution in [2.75, 3.05) is 13.1 Å². The van der Waals surface area contributed by atoms with E-state index in [1.807, 2.05) is 0 Å². The Morgan fingerprint density at radius 3 is 2.44 bits per heavy atom. The molecule has 0 aliphatic carbocycles. The van der Waals surface area contributed by atoms with Gasteiger partial charge in [-0.25, -0.2) is 0 Å². The SMILES string of the molecule is CCC(C)(C)NC(=O)CC1CCNCC1.Cl. The van der Waals surface area contributed by atoms with Gasteiger partial charge in [-0.3, -0.25) is 4.79 Å². The third-order valence-corrected chi connectivity index (χ3v) is 3.29. The van der Waals surface area contributed by atoms with E-state index < -0.39 is 0 Å². The molecule has 16 heavy (non-hydrogen) atoms. The second kappa shape index (κ2) is 7.13. The van der Waals surface area contributed by atoms with Gasteiger partial charge in [0.15, 0.2) is 0 Å². The number of rotatable bonds is 4. The van der Waals surface area contributed by atoms with Gasteiger partial charge in [0.1, 0.15) is 0 Å². The van der Waals surface area contributed by atoms with Crippen LogP contribution in [0.4, 0.5) is 0 Å². The second-order valence-electron chi connectivity index (χ2n) is 5.18. The van der Waals surface area contributed by atoms with Crippen molar-refractivity contribution in [3.05, 3.63) is 0 Å². The Labute approximate surface area is 105 Å². The summed E-state index contributed by atoms with van der Waals surface area (Å²) in [7, 11) is 0. The van der Waals surface area contributed by atoms with Crippen LogP contribution in [-0.2, 0) is 4.79 Å². The molecule has 0 aromatic carbocycles. The Morgan fingerprint density at radius 2 is 1.94 bits per heavy atom. The van der Waals surface area contributed by atoms with Crippen LogP contribution in [0, 0.1) is 5.92 Å². The summed E-state index contributed by atoms with van der Waals surface area (Å²) in [6, 6.07) is 0. The number of halogens is 1. The molecule has 2 N–H and O–H groups in total. The van der Waals surface area contributed by atoms with E-state index in [4.69, 9.17) is 0 Å². The molecule has 0 bridgehead atoms. The first-order valence-electron chi connectivity index (χ1n) is 6.05. The number of piperidine rings is 1. The Bertz CT molecular complexity index is 213. The van der Waals surface area contributed by atoms with Gasteiger partial charge in [0.25, 0.3) is 0 Å². The van der Waals surface area contributed by atoms with Crippen LogP contribution in [0.1, 0.15) is 46.5 Å². The Hall–Kier alpha value is -0.280. The molecule has 1 fully saturated rings. The van der Waals surface area contributed by atoms with Crippen molar-refractivity contribution in [1.82, 2.24) is 10.6 Å². The van der Waals surface area contributed by atoms with E-state index in [9.17, 15) is 4.79 Å². The minimum atomic E-state index is -0.0516. The van der Waals surface area contributed by atoms with Gasteiger partial charge in [-0.05, 0) is 52.1 Å². The molecule has 1 aliphatic heterocycles. The summed E-state index contributed by atoms with van der Waals surface area (Å²) in [5.41, 5.74) is -0.0516. The van der Waals surface area contributed by atoms with Crippen LogP contribution in [0.2, 0.25) is 0 Å². The zero-order valence-corrected chi connectivity index (χ0v) is 11.5. The van der Waals surface area contributed by atoms with E-state index in [0.717, 1.165) is 32.4 Å². The molecule has 0 radical (unpaired) electrons. The van der Waals surface area contributed by atoms with Gasteiger partial charge >= 0.3 is 0 Å². The fourth-order valence-electron chi connectivity index (χ4n) is 1.86. The van der Waals surface area contributed by atoms with E-state index in [1.165, 1.54) is 0 Å². The number of hydrogen-bond acceptors (Lipinski definition) is 2. The molecule has 0 saturated carbocycles. The van der Waals surface area contributed by atoms with E-state index in [1.54, 1.807) is 0 Å². The summed E-state index contributed by atoms with van der Waals surface area (Å²) in [5.74, 6) is 0.799. The van der Waals surface area contributed by atoms with Crippen LogP contribution >= 0.6 is 12.4 Å². The van der Waals surface area contributed by atoms with Crippen LogP contribution in [0.25, 0.3) is 0 Å². The molecular formula is C12H25ClN2O. The summed E-state index contributed by atoms with van der Waals surface area (Å²) in [6.07, 6.45) is 3.95. The molecule has 1 amide bonds. The van der Waals surface area contributed by atoms with E-state index >= 15 is 0 Å². The lowest BCUT2D eigenvalue weighted by atomic mass is 9.93. The summed E-state index contributed by atoms with van der Waals surface area (Å²) in [6.45, 7) is 8.38. The molecule has 0 aromatic rings. The van der Waals surface area contributed by atoms with Gasteiger partial charge in [-0.15, -0.1) is 12.4 Å². The molecule has 1 rings (SSSR count). The van der Waals surface area contributed by atoms with Gasteiger partial charge in [0.05, 0.1) is 0 Å². The van der Waals surface area contributed by atoms with Crippen molar-refractivity contribution in [2.24, 2.45) is 5.92 Å². The predicted molar refractivity (Wildman–Crippen MR) is 70.0 cm³/mol.